The van der Waals surface area contributed by atoms with E-state index in [1.165, 1.54) is 0 Å². The van der Waals surface area contributed by atoms with Gasteiger partial charge in [-0.05, 0) is 39.0 Å². The second-order valence-corrected chi connectivity index (χ2v) is 7.20. The van der Waals surface area contributed by atoms with E-state index in [0.29, 0.717) is 6.10 Å². The number of amides is 2. The first-order chi connectivity index (χ1) is 10.1. The summed E-state index contributed by atoms with van der Waals surface area (Å²) in [6.45, 7) is 1.86. The zero-order valence-corrected chi connectivity index (χ0v) is 12.6. The molecule has 4 rings (SSSR count). The van der Waals surface area contributed by atoms with Gasteiger partial charge in [0.05, 0.1) is 18.2 Å². The van der Waals surface area contributed by atoms with Crippen molar-refractivity contribution in [2.75, 3.05) is 0 Å². The monoisotopic (exact) mass is 292 g/mol. The van der Waals surface area contributed by atoms with Crippen LogP contribution in [0.1, 0.15) is 58.3 Å². The predicted octanol–water partition coefficient (Wildman–Crippen LogP) is 1.36. The van der Waals surface area contributed by atoms with Crippen molar-refractivity contribution in [2.24, 2.45) is 0 Å². The third kappa shape index (κ3) is 1.93. The minimum atomic E-state index is -0.621. The van der Waals surface area contributed by atoms with Gasteiger partial charge in [0.15, 0.2) is 0 Å². The number of ether oxygens (including phenoxy) is 1. The standard InChI is InChI=1S/C16H24N2O3/c1-10-14(19)17-16(7-3-2-4-8-16)15(20)18(10)12-9-11-5-6-13(12)21-11/h10-13H,2-9H2,1H3,(H,17,19). The lowest BCUT2D eigenvalue weighted by molar-refractivity contribution is -0.160. The van der Waals surface area contributed by atoms with Gasteiger partial charge in [0, 0.05) is 0 Å². The second-order valence-electron chi connectivity index (χ2n) is 7.20. The molecular weight excluding hydrogens is 268 g/mol. The highest BCUT2D eigenvalue weighted by Gasteiger charge is 2.55. The molecule has 2 bridgehead atoms. The Labute approximate surface area is 125 Å². The van der Waals surface area contributed by atoms with E-state index in [9.17, 15) is 9.59 Å². The van der Waals surface area contributed by atoms with Crippen LogP contribution in [0.25, 0.3) is 0 Å². The van der Waals surface area contributed by atoms with Crippen LogP contribution in [0.3, 0.4) is 0 Å². The quantitative estimate of drug-likeness (QED) is 0.794. The molecule has 3 aliphatic heterocycles. The molecule has 0 aromatic rings. The molecule has 116 valence electrons. The maximum Gasteiger partial charge on any atom is 0.249 e. The van der Waals surface area contributed by atoms with Crippen molar-refractivity contribution >= 4 is 11.8 Å². The molecule has 3 saturated heterocycles. The molecule has 0 aromatic carbocycles. The van der Waals surface area contributed by atoms with E-state index in [1.807, 2.05) is 11.8 Å². The van der Waals surface area contributed by atoms with Crippen LogP contribution in [0, 0.1) is 0 Å². The average molecular weight is 292 g/mol. The zero-order chi connectivity index (χ0) is 14.6. The van der Waals surface area contributed by atoms with Crippen LogP contribution in [0.15, 0.2) is 0 Å². The largest absolute Gasteiger partial charge is 0.373 e. The Morgan fingerprint density at radius 2 is 1.95 bits per heavy atom. The molecule has 5 nitrogen and oxygen atoms in total. The molecule has 4 fully saturated rings. The van der Waals surface area contributed by atoms with Crippen LogP contribution in [0.2, 0.25) is 0 Å². The summed E-state index contributed by atoms with van der Waals surface area (Å²) in [4.78, 5) is 27.5. The number of hydrogen-bond acceptors (Lipinski definition) is 3. The van der Waals surface area contributed by atoms with Gasteiger partial charge in [-0.15, -0.1) is 0 Å². The van der Waals surface area contributed by atoms with Crippen molar-refractivity contribution in [3.05, 3.63) is 0 Å². The smallest absolute Gasteiger partial charge is 0.249 e. The molecule has 2 amide bonds. The Kier molecular flexibility index (Phi) is 3.03. The number of carbonyl (C=O) groups excluding carboxylic acids is 2. The number of nitrogens with one attached hydrogen (secondary N) is 1. The SMILES string of the molecule is CC1C(=O)NC2(CCCCC2)C(=O)N1C1CC2CCC1O2. The molecule has 4 unspecified atom stereocenters. The maximum absolute atomic E-state index is 13.2. The third-order valence-electron chi connectivity index (χ3n) is 5.94. The van der Waals surface area contributed by atoms with Gasteiger partial charge >= 0.3 is 0 Å². The Morgan fingerprint density at radius 3 is 2.57 bits per heavy atom. The van der Waals surface area contributed by atoms with E-state index < -0.39 is 5.54 Å². The highest BCUT2D eigenvalue weighted by atomic mass is 16.5. The van der Waals surface area contributed by atoms with Crippen molar-refractivity contribution in [2.45, 2.75) is 88.1 Å². The average Bonchev–Trinajstić information content (AvgIpc) is 3.10. The topological polar surface area (TPSA) is 58.6 Å². The summed E-state index contributed by atoms with van der Waals surface area (Å²) in [6, 6.07) is -0.255. The molecule has 3 heterocycles. The van der Waals surface area contributed by atoms with Gasteiger partial charge in [-0.25, -0.2) is 0 Å². The van der Waals surface area contributed by atoms with Gasteiger partial charge in [0.1, 0.15) is 11.6 Å². The van der Waals surface area contributed by atoms with Crippen molar-refractivity contribution < 1.29 is 14.3 Å². The summed E-state index contributed by atoms with van der Waals surface area (Å²) in [6.07, 6.45) is 8.30. The van der Waals surface area contributed by atoms with Crippen LogP contribution in [-0.4, -0.2) is 46.5 Å². The third-order valence-corrected chi connectivity index (χ3v) is 5.94. The molecular formula is C16H24N2O3. The predicted molar refractivity (Wildman–Crippen MR) is 76.6 cm³/mol. The summed E-state index contributed by atoms with van der Waals surface area (Å²) in [5.74, 6) is 0.162. The minimum Gasteiger partial charge on any atom is -0.373 e. The maximum atomic E-state index is 13.2. The Hall–Kier alpha value is -1.10. The van der Waals surface area contributed by atoms with Crippen LogP contribution < -0.4 is 5.32 Å². The lowest BCUT2D eigenvalue weighted by Gasteiger charge is -2.49. The van der Waals surface area contributed by atoms with Gasteiger partial charge in [0.2, 0.25) is 11.8 Å². The van der Waals surface area contributed by atoms with Gasteiger partial charge in [-0.3, -0.25) is 9.59 Å². The van der Waals surface area contributed by atoms with Gasteiger partial charge in [0.25, 0.3) is 0 Å². The summed E-state index contributed by atoms with van der Waals surface area (Å²) >= 11 is 0. The van der Waals surface area contributed by atoms with E-state index in [-0.39, 0.29) is 30.0 Å². The number of nitrogens with zero attached hydrogens (tertiary/aromatic N) is 1. The molecule has 0 radical (unpaired) electrons. The van der Waals surface area contributed by atoms with E-state index in [2.05, 4.69) is 5.32 Å². The van der Waals surface area contributed by atoms with E-state index in [1.54, 1.807) is 0 Å². The van der Waals surface area contributed by atoms with Crippen LogP contribution in [0.5, 0.6) is 0 Å². The van der Waals surface area contributed by atoms with Gasteiger partial charge in [-0.2, -0.15) is 0 Å². The highest BCUT2D eigenvalue weighted by molar-refractivity contribution is 6.00. The highest BCUT2D eigenvalue weighted by Crippen LogP contribution is 2.41. The van der Waals surface area contributed by atoms with Crippen molar-refractivity contribution in [1.29, 1.82) is 0 Å². The fourth-order valence-electron chi connectivity index (χ4n) is 4.78. The molecule has 1 spiro atoms. The number of piperazine rings is 1. The second kappa shape index (κ2) is 4.70. The first kappa shape index (κ1) is 13.6. The van der Waals surface area contributed by atoms with Crippen LogP contribution in [0.4, 0.5) is 0 Å². The van der Waals surface area contributed by atoms with E-state index in [0.717, 1.165) is 51.4 Å². The number of fused-ring (bicyclic) bond motifs is 2. The van der Waals surface area contributed by atoms with Gasteiger partial charge < -0.3 is 15.0 Å². The van der Waals surface area contributed by atoms with Gasteiger partial charge in [-0.1, -0.05) is 19.3 Å². The number of carbonyl (C=O) groups is 2. The summed E-state index contributed by atoms with van der Waals surface area (Å²) in [7, 11) is 0. The van der Waals surface area contributed by atoms with Crippen LogP contribution >= 0.6 is 0 Å². The molecule has 21 heavy (non-hydrogen) atoms. The molecule has 1 aliphatic carbocycles. The fraction of sp³-hybridized carbons (Fsp3) is 0.875. The molecule has 5 heteroatoms. The molecule has 1 N–H and O–H groups in total. The Balaban J connectivity index is 1.64. The van der Waals surface area contributed by atoms with E-state index >= 15 is 0 Å². The Bertz CT molecular complexity index is 472. The minimum absolute atomic E-state index is 0.0132. The molecule has 0 aromatic heterocycles. The van der Waals surface area contributed by atoms with Crippen LogP contribution in [-0.2, 0) is 14.3 Å². The first-order valence-electron chi connectivity index (χ1n) is 8.41. The first-order valence-corrected chi connectivity index (χ1v) is 8.41. The summed E-state index contributed by atoms with van der Waals surface area (Å²) < 4.78 is 5.92. The van der Waals surface area contributed by atoms with Crippen molar-refractivity contribution in [1.82, 2.24) is 10.2 Å². The molecule has 4 atom stereocenters. The zero-order valence-electron chi connectivity index (χ0n) is 12.6. The lowest BCUT2D eigenvalue weighted by Crippen LogP contribution is -2.72. The summed E-state index contributed by atoms with van der Waals surface area (Å²) in [5.41, 5.74) is -0.621. The summed E-state index contributed by atoms with van der Waals surface area (Å²) in [5, 5.41) is 3.06. The van der Waals surface area contributed by atoms with Crippen molar-refractivity contribution in [3.63, 3.8) is 0 Å². The van der Waals surface area contributed by atoms with Crippen molar-refractivity contribution in [3.8, 4) is 0 Å². The number of hydrogen-bond donors (Lipinski definition) is 1. The molecule has 4 aliphatic rings. The van der Waals surface area contributed by atoms with E-state index in [4.69, 9.17) is 4.74 Å². The number of rotatable bonds is 1. The Morgan fingerprint density at radius 1 is 1.19 bits per heavy atom. The normalized spacial score (nSPS) is 41.7. The fourth-order valence-corrected chi connectivity index (χ4v) is 4.78. The molecule has 1 saturated carbocycles. The lowest BCUT2D eigenvalue weighted by atomic mass is 9.77.